The maximum atomic E-state index is 3.19. The minimum atomic E-state index is 0.737. The predicted octanol–water partition coefficient (Wildman–Crippen LogP) is 3.02. The van der Waals surface area contributed by atoms with Crippen LogP contribution in [0.2, 0.25) is 0 Å². The van der Waals surface area contributed by atoms with Crippen molar-refractivity contribution < 1.29 is 0 Å². The van der Waals surface area contributed by atoms with Crippen molar-refractivity contribution in [3.05, 3.63) is 29.3 Å². The summed E-state index contributed by atoms with van der Waals surface area (Å²) in [4.78, 5) is 0. The van der Waals surface area contributed by atoms with E-state index in [1.165, 1.54) is 17.7 Å². The van der Waals surface area contributed by atoms with Crippen LogP contribution >= 0.6 is 0 Å². The van der Waals surface area contributed by atoms with Crippen molar-refractivity contribution in [2.24, 2.45) is 5.92 Å². The Balaban J connectivity index is 2.40. The number of hydrogen-bond acceptors (Lipinski definition) is 1. The van der Waals surface area contributed by atoms with E-state index >= 15 is 0 Å². The van der Waals surface area contributed by atoms with Crippen LogP contribution < -0.4 is 5.32 Å². The van der Waals surface area contributed by atoms with Crippen molar-refractivity contribution in [3.8, 4) is 0 Å². The van der Waals surface area contributed by atoms with Crippen LogP contribution in [0.25, 0.3) is 0 Å². The van der Waals surface area contributed by atoms with Crippen LogP contribution in [0.3, 0.4) is 0 Å². The first-order valence-electron chi connectivity index (χ1n) is 5.03. The van der Waals surface area contributed by atoms with Gasteiger partial charge in [-0.05, 0) is 41.5 Å². The van der Waals surface area contributed by atoms with Crippen molar-refractivity contribution in [2.45, 2.75) is 26.2 Å². The van der Waals surface area contributed by atoms with E-state index in [1.54, 1.807) is 5.56 Å². The van der Waals surface area contributed by atoms with E-state index in [1.807, 2.05) is 7.05 Å². The fourth-order valence-electron chi connectivity index (χ4n) is 2.21. The van der Waals surface area contributed by atoms with Gasteiger partial charge in [-0.3, -0.25) is 0 Å². The smallest absolute Gasteiger partial charge is 0.0340 e. The number of benzene rings is 1. The van der Waals surface area contributed by atoms with Crippen molar-refractivity contribution in [1.82, 2.24) is 0 Å². The van der Waals surface area contributed by atoms with Crippen LogP contribution in [-0.4, -0.2) is 7.05 Å². The third-order valence-corrected chi connectivity index (χ3v) is 3.32. The van der Waals surface area contributed by atoms with Gasteiger partial charge in [-0.1, -0.05) is 19.9 Å². The van der Waals surface area contributed by atoms with E-state index in [9.17, 15) is 0 Å². The number of anilines is 1. The molecule has 0 spiro atoms. The second kappa shape index (κ2) is 3.06. The molecule has 0 bridgehead atoms. The Hall–Kier alpha value is -0.980. The minimum Gasteiger partial charge on any atom is -0.388 e. The lowest BCUT2D eigenvalue weighted by atomic mass is 9.97. The van der Waals surface area contributed by atoms with E-state index in [0.717, 1.165) is 11.8 Å². The third-order valence-electron chi connectivity index (χ3n) is 3.32. The van der Waals surface area contributed by atoms with Gasteiger partial charge in [-0.2, -0.15) is 0 Å². The van der Waals surface area contributed by atoms with E-state index in [2.05, 4.69) is 37.4 Å². The molecule has 1 aromatic carbocycles. The van der Waals surface area contributed by atoms with Gasteiger partial charge >= 0.3 is 0 Å². The molecule has 1 aliphatic rings. The molecule has 1 heteroatoms. The average molecular weight is 175 g/mol. The summed E-state index contributed by atoms with van der Waals surface area (Å²) in [5.74, 6) is 1.54. The molecule has 13 heavy (non-hydrogen) atoms. The highest BCUT2D eigenvalue weighted by Gasteiger charge is 2.25. The summed E-state index contributed by atoms with van der Waals surface area (Å²) >= 11 is 0. The lowest BCUT2D eigenvalue weighted by molar-refractivity contribution is 0.532. The van der Waals surface area contributed by atoms with Gasteiger partial charge in [0.15, 0.2) is 0 Å². The van der Waals surface area contributed by atoms with Crippen LogP contribution in [0.5, 0.6) is 0 Å². The van der Waals surface area contributed by atoms with Crippen LogP contribution in [-0.2, 0) is 6.42 Å². The summed E-state index contributed by atoms with van der Waals surface area (Å²) in [5.41, 5.74) is 4.32. The Bertz CT molecular complexity index is 317. The Morgan fingerprint density at radius 2 is 2.08 bits per heavy atom. The van der Waals surface area contributed by atoms with Crippen LogP contribution in [0.4, 0.5) is 5.69 Å². The van der Waals surface area contributed by atoms with Gasteiger partial charge in [0.25, 0.3) is 0 Å². The quantitative estimate of drug-likeness (QED) is 0.691. The highest BCUT2D eigenvalue weighted by molar-refractivity contribution is 5.50. The maximum Gasteiger partial charge on any atom is 0.0340 e. The molecule has 0 saturated heterocycles. The van der Waals surface area contributed by atoms with Crippen molar-refractivity contribution in [1.29, 1.82) is 0 Å². The summed E-state index contributed by atoms with van der Waals surface area (Å²) in [6.45, 7) is 4.67. The summed E-state index contributed by atoms with van der Waals surface area (Å²) < 4.78 is 0. The second-order valence-electron chi connectivity index (χ2n) is 4.13. The molecular weight excluding hydrogens is 158 g/mol. The van der Waals surface area contributed by atoms with Gasteiger partial charge in [0.05, 0.1) is 0 Å². The molecule has 1 N–H and O–H groups in total. The molecule has 2 rings (SSSR count). The van der Waals surface area contributed by atoms with Gasteiger partial charge in [0.2, 0.25) is 0 Å². The molecule has 1 nitrogen and oxygen atoms in total. The molecule has 2 atom stereocenters. The maximum absolute atomic E-state index is 3.19. The summed E-state index contributed by atoms with van der Waals surface area (Å²) in [7, 11) is 1.98. The molecule has 70 valence electrons. The first-order valence-corrected chi connectivity index (χ1v) is 5.03. The molecule has 0 amide bonds. The zero-order chi connectivity index (χ0) is 9.42. The Morgan fingerprint density at radius 3 is 2.77 bits per heavy atom. The lowest BCUT2D eigenvalue weighted by Gasteiger charge is -2.09. The topological polar surface area (TPSA) is 12.0 Å². The van der Waals surface area contributed by atoms with Crippen LogP contribution in [0, 0.1) is 5.92 Å². The van der Waals surface area contributed by atoms with E-state index < -0.39 is 0 Å². The Labute approximate surface area is 80.2 Å². The molecule has 0 aromatic heterocycles. The van der Waals surface area contributed by atoms with Crippen molar-refractivity contribution in [2.75, 3.05) is 12.4 Å². The van der Waals surface area contributed by atoms with Crippen LogP contribution in [0.1, 0.15) is 30.9 Å². The lowest BCUT2D eigenvalue weighted by Crippen LogP contribution is -1.97. The number of hydrogen-bond donors (Lipinski definition) is 1. The minimum absolute atomic E-state index is 0.737. The monoisotopic (exact) mass is 175 g/mol. The molecule has 0 heterocycles. The Morgan fingerprint density at radius 1 is 1.31 bits per heavy atom. The van der Waals surface area contributed by atoms with Gasteiger partial charge in [-0.25, -0.2) is 0 Å². The van der Waals surface area contributed by atoms with Crippen molar-refractivity contribution in [3.63, 3.8) is 0 Å². The highest BCUT2D eigenvalue weighted by atomic mass is 14.8. The zero-order valence-corrected chi connectivity index (χ0v) is 8.59. The number of fused-ring (bicyclic) bond motifs is 1. The van der Waals surface area contributed by atoms with Crippen LogP contribution in [0.15, 0.2) is 18.2 Å². The van der Waals surface area contributed by atoms with E-state index in [-0.39, 0.29) is 0 Å². The molecule has 0 radical (unpaired) electrons. The molecule has 2 unspecified atom stereocenters. The van der Waals surface area contributed by atoms with Gasteiger partial charge in [-0.15, -0.1) is 0 Å². The standard InChI is InChI=1S/C12H17N/c1-8-6-10-7-11(13-3)4-5-12(10)9(8)2/h4-5,7-9,13H,6H2,1-3H3. The molecule has 0 fully saturated rings. The van der Waals surface area contributed by atoms with Gasteiger partial charge in [0, 0.05) is 12.7 Å². The normalized spacial score (nSPS) is 25.8. The average Bonchev–Trinajstić information content (AvgIpc) is 2.42. The fourth-order valence-corrected chi connectivity index (χ4v) is 2.21. The molecule has 0 saturated carbocycles. The third kappa shape index (κ3) is 1.32. The molecule has 1 aromatic rings. The SMILES string of the molecule is CNc1ccc2c(c1)CC(C)C2C. The summed E-state index contributed by atoms with van der Waals surface area (Å²) in [5, 5.41) is 3.19. The molecule has 0 aliphatic heterocycles. The second-order valence-corrected chi connectivity index (χ2v) is 4.13. The number of nitrogens with one attached hydrogen (secondary N) is 1. The van der Waals surface area contributed by atoms with Gasteiger partial charge in [0.1, 0.15) is 0 Å². The first-order chi connectivity index (χ1) is 6.22. The molecular formula is C12H17N. The first kappa shape index (κ1) is 8.61. The largest absolute Gasteiger partial charge is 0.388 e. The fraction of sp³-hybridized carbons (Fsp3) is 0.500. The van der Waals surface area contributed by atoms with Gasteiger partial charge < -0.3 is 5.32 Å². The predicted molar refractivity (Wildman–Crippen MR) is 57.3 cm³/mol. The number of rotatable bonds is 1. The van der Waals surface area contributed by atoms with E-state index in [0.29, 0.717) is 0 Å². The van der Waals surface area contributed by atoms with E-state index in [4.69, 9.17) is 0 Å². The highest BCUT2D eigenvalue weighted by Crippen LogP contribution is 2.38. The summed E-state index contributed by atoms with van der Waals surface area (Å²) in [6.07, 6.45) is 1.24. The zero-order valence-electron chi connectivity index (χ0n) is 8.59. The summed E-state index contributed by atoms with van der Waals surface area (Å²) in [6, 6.07) is 6.73. The molecule has 1 aliphatic carbocycles. The Kier molecular flexibility index (Phi) is 2.03. The van der Waals surface area contributed by atoms with Crippen molar-refractivity contribution >= 4 is 5.69 Å².